The number of phenols is 1. The number of anilines is 2. The summed E-state index contributed by atoms with van der Waals surface area (Å²) in [5.74, 6) is 0.191. The number of amides is 1. The van der Waals surface area contributed by atoms with Gasteiger partial charge in [0, 0.05) is 17.8 Å². The molecule has 0 fully saturated rings. The summed E-state index contributed by atoms with van der Waals surface area (Å²) < 4.78 is 0. The first-order valence-corrected chi connectivity index (χ1v) is 7.00. The minimum absolute atomic E-state index is 0.0561. The van der Waals surface area contributed by atoms with Gasteiger partial charge in [-0.05, 0) is 48.7 Å². The maximum atomic E-state index is 12.4. The van der Waals surface area contributed by atoms with Crippen LogP contribution in [0.3, 0.4) is 0 Å². The molecule has 0 unspecified atom stereocenters. The first-order valence-electron chi connectivity index (χ1n) is 7.00. The highest BCUT2D eigenvalue weighted by Crippen LogP contribution is 2.28. The Morgan fingerprint density at radius 2 is 2.00 bits per heavy atom. The molecule has 3 N–H and O–H groups in total. The highest BCUT2D eigenvalue weighted by molar-refractivity contribution is 5.98. The van der Waals surface area contributed by atoms with Crippen molar-refractivity contribution in [3.8, 4) is 5.75 Å². The van der Waals surface area contributed by atoms with E-state index in [4.69, 9.17) is 0 Å². The van der Waals surface area contributed by atoms with E-state index in [1.54, 1.807) is 12.1 Å². The fourth-order valence-electron chi connectivity index (χ4n) is 2.61. The summed E-state index contributed by atoms with van der Waals surface area (Å²) in [6.45, 7) is 3.68. The number of fused-ring (bicyclic) bond motifs is 1. The van der Waals surface area contributed by atoms with E-state index >= 15 is 0 Å². The predicted molar refractivity (Wildman–Crippen MR) is 83.8 cm³/mol. The summed E-state index contributed by atoms with van der Waals surface area (Å²) >= 11 is 0. The van der Waals surface area contributed by atoms with Crippen molar-refractivity contribution in [2.24, 2.45) is 0 Å². The molecular formula is C17H18N2O2. The Morgan fingerprint density at radius 1 is 1.24 bits per heavy atom. The molecule has 0 aliphatic carbocycles. The second-order valence-corrected chi connectivity index (χ2v) is 5.50. The number of hydrogen-bond donors (Lipinski definition) is 3. The van der Waals surface area contributed by atoms with Crippen molar-refractivity contribution in [1.29, 1.82) is 0 Å². The Labute approximate surface area is 123 Å². The Morgan fingerprint density at radius 3 is 2.76 bits per heavy atom. The van der Waals surface area contributed by atoms with Crippen molar-refractivity contribution >= 4 is 17.3 Å². The lowest BCUT2D eigenvalue weighted by atomic mass is 10.1. The molecule has 1 aliphatic rings. The van der Waals surface area contributed by atoms with Crippen LogP contribution < -0.4 is 10.6 Å². The van der Waals surface area contributed by atoms with Gasteiger partial charge < -0.3 is 15.7 Å². The molecule has 4 heteroatoms. The number of benzene rings is 2. The quantitative estimate of drug-likeness (QED) is 0.742. The smallest absolute Gasteiger partial charge is 0.247 e. The third kappa shape index (κ3) is 2.57. The van der Waals surface area contributed by atoms with Crippen LogP contribution in [0.4, 0.5) is 11.4 Å². The second kappa shape index (κ2) is 5.13. The van der Waals surface area contributed by atoms with E-state index in [0.717, 1.165) is 28.1 Å². The normalized spacial score (nSPS) is 16.2. The molecule has 0 aromatic heterocycles. The highest BCUT2D eigenvalue weighted by Gasteiger charge is 2.26. The van der Waals surface area contributed by atoms with Gasteiger partial charge in [-0.2, -0.15) is 0 Å². The third-order valence-electron chi connectivity index (χ3n) is 3.89. The molecule has 1 aliphatic heterocycles. The van der Waals surface area contributed by atoms with Crippen molar-refractivity contribution in [3.63, 3.8) is 0 Å². The van der Waals surface area contributed by atoms with E-state index in [1.807, 2.05) is 38.1 Å². The van der Waals surface area contributed by atoms with Gasteiger partial charge in [-0.15, -0.1) is 0 Å². The average molecular weight is 282 g/mol. The maximum absolute atomic E-state index is 12.4. The first kappa shape index (κ1) is 13.5. The van der Waals surface area contributed by atoms with E-state index in [1.165, 1.54) is 0 Å². The first-order chi connectivity index (χ1) is 10.0. The van der Waals surface area contributed by atoms with Crippen LogP contribution in [0.15, 0.2) is 36.4 Å². The molecule has 2 aromatic rings. The standard InChI is InChI=1S/C17H18N2O2/c1-10-8-16(20)11(2)7-14(10)19-17(21)15-9-12-5-3-4-6-13(12)18-15/h3-8,15,18,20H,9H2,1-2H3,(H,19,21)/t15-/m0/s1. The molecule has 4 nitrogen and oxygen atoms in total. The van der Waals surface area contributed by atoms with Gasteiger partial charge in [0.2, 0.25) is 5.91 Å². The zero-order chi connectivity index (χ0) is 15.0. The summed E-state index contributed by atoms with van der Waals surface area (Å²) in [6.07, 6.45) is 0.693. The van der Waals surface area contributed by atoms with Crippen molar-refractivity contribution in [2.45, 2.75) is 26.3 Å². The summed E-state index contributed by atoms with van der Waals surface area (Å²) in [4.78, 5) is 12.4. The van der Waals surface area contributed by atoms with Crippen LogP contribution in [-0.2, 0) is 11.2 Å². The zero-order valence-corrected chi connectivity index (χ0v) is 12.1. The Balaban J connectivity index is 1.75. The zero-order valence-electron chi connectivity index (χ0n) is 12.1. The summed E-state index contributed by atoms with van der Waals surface area (Å²) in [7, 11) is 0. The molecule has 1 atom stereocenters. The van der Waals surface area contributed by atoms with E-state index < -0.39 is 0 Å². The van der Waals surface area contributed by atoms with E-state index in [2.05, 4.69) is 10.6 Å². The molecule has 0 saturated heterocycles. The van der Waals surface area contributed by atoms with Crippen LogP contribution >= 0.6 is 0 Å². The monoisotopic (exact) mass is 282 g/mol. The van der Waals surface area contributed by atoms with E-state index in [9.17, 15) is 9.90 Å². The van der Waals surface area contributed by atoms with Crippen molar-refractivity contribution in [2.75, 3.05) is 10.6 Å². The van der Waals surface area contributed by atoms with Crippen LogP contribution in [0.25, 0.3) is 0 Å². The summed E-state index contributed by atoms with van der Waals surface area (Å²) in [6, 6.07) is 11.2. The van der Waals surface area contributed by atoms with E-state index in [-0.39, 0.29) is 17.7 Å². The number of carbonyl (C=O) groups excluding carboxylic acids is 1. The van der Waals surface area contributed by atoms with Gasteiger partial charge in [0.15, 0.2) is 0 Å². The molecule has 0 saturated carbocycles. The van der Waals surface area contributed by atoms with Crippen LogP contribution in [0.2, 0.25) is 0 Å². The van der Waals surface area contributed by atoms with Crippen LogP contribution in [0.1, 0.15) is 16.7 Å². The lowest BCUT2D eigenvalue weighted by Crippen LogP contribution is -2.33. The number of aryl methyl sites for hydroxylation is 2. The molecule has 0 radical (unpaired) electrons. The fraction of sp³-hybridized carbons (Fsp3) is 0.235. The van der Waals surface area contributed by atoms with Gasteiger partial charge in [-0.1, -0.05) is 18.2 Å². The Hall–Kier alpha value is -2.49. The Kier molecular flexibility index (Phi) is 3.29. The highest BCUT2D eigenvalue weighted by atomic mass is 16.3. The lowest BCUT2D eigenvalue weighted by molar-refractivity contribution is -0.116. The molecule has 2 aromatic carbocycles. The van der Waals surface area contributed by atoms with E-state index in [0.29, 0.717) is 6.42 Å². The summed E-state index contributed by atoms with van der Waals surface area (Å²) in [5, 5.41) is 15.8. The van der Waals surface area contributed by atoms with Crippen LogP contribution in [0.5, 0.6) is 5.75 Å². The van der Waals surface area contributed by atoms with Crippen molar-refractivity contribution in [3.05, 3.63) is 53.1 Å². The molecule has 0 spiro atoms. The second-order valence-electron chi connectivity index (χ2n) is 5.50. The number of rotatable bonds is 2. The summed E-state index contributed by atoms with van der Waals surface area (Å²) in [5.41, 5.74) is 4.53. The van der Waals surface area contributed by atoms with Gasteiger partial charge in [-0.3, -0.25) is 4.79 Å². The molecular weight excluding hydrogens is 264 g/mol. The van der Waals surface area contributed by atoms with Crippen LogP contribution in [0, 0.1) is 13.8 Å². The van der Waals surface area contributed by atoms with Gasteiger partial charge in [0.05, 0.1) is 0 Å². The largest absolute Gasteiger partial charge is 0.508 e. The molecule has 1 amide bonds. The topological polar surface area (TPSA) is 61.4 Å². The SMILES string of the molecule is Cc1cc(NC(=O)[C@@H]2Cc3ccccc3N2)c(C)cc1O. The average Bonchev–Trinajstić information content (AvgIpc) is 2.88. The van der Waals surface area contributed by atoms with Crippen molar-refractivity contribution in [1.82, 2.24) is 0 Å². The minimum atomic E-state index is -0.254. The molecule has 21 heavy (non-hydrogen) atoms. The van der Waals surface area contributed by atoms with Gasteiger partial charge in [0.25, 0.3) is 0 Å². The molecule has 3 rings (SSSR count). The number of nitrogens with one attached hydrogen (secondary N) is 2. The number of carbonyl (C=O) groups is 1. The Bertz CT molecular complexity index is 685. The number of aromatic hydroxyl groups is 1. The van der Waals surface area contributed by atoms with Crippen LogP contribution in [-0.4, -0.2) is 17.1 Å². The molecule has 1 heterocycles. The number of hydrogen-bond acceptors (Lipinski definition) is 3. The van der Waals surface area contributed by atoms with Gasteiger partial charge >= 0.3 is 0 Å². The van der Waals surface area contributed by atoms with Crippen molar-refractivity contribution < 1.29 is 9.90 Å². The maximum Gasteiger partial charge on any atom is 0.247 e. The molecule has 0 bridgehead atoms. The lowest BCUT2D eigenvalue weighted by Gasteiger charge is -2.14. The predicted octanol–water partition coefficient (Wildman–Crippen LogP) is 2.98. The van der Waals surface area contributed by atoms with Gasteiger partial charge in [-0.25, -0.2) is 0 Å². The number of para-hydroxylation sites is 1. The fourth-order valence-corrected chi connectivity index (χ4v) is 2.61. The van der Waals surface area contributed by atoms with Gasteiger partial charge in [0.1, 0.15) is 11.8 Å². The third-order valence-corrected chi connectivity index (χ3v) is 3.89. The minimum Gasteiger partial charge on any atom is -0.508 e. The molecule has 108 valence electrons. The number of phenolic OH excluding ortho intramolecular Hbond substituents is 1.